The number of amides is 1. The average molecular weight is 360 g/mol. The third-order valence-corrected chi connectivity index (χ3v) is 8.81. The summed E-state index contributed by atoms with van der Waals surface area (Å²) in [5, 5.41) is 13.0. The lowest BCUT2D eigenvalue weighted by atomic mass is 9.45. The van der Waals surface area contributed by atoms with Crippen molar-refractivity contribution >= 4 is 17.6 Å². The first-order chi connectivity index (χ1) is 12.4. The summed E-state index contributed by atoms with van der Waals surface area (Å²) in [4.78, 5) is 22.1. The zero-order valence-corrected chi connectivity index (χ0v) is 16.1. The van der Waals surface area contributed by atoms with E-state index >= 15 is 0 Å². The number of carbonyl (C=O) groups excluding carboxylic acids is 1. The van der Waals surface area contributed by atoms with E-state index in [9.17, 15) is 9.59 Å². The molecule has 0 aromatic heterocycles. The largest absolute Gasteiger partial charge is 0.474 e. The Kier molecular flexibility index (Phi) is 4.39. The van der Waals surface area contributed by atoms with Gasteiger partial charge >= 0.3 is 11.9 Å². The molecule has 4 aliphatic rings. The molecule has 0 radical (unpaired) electrons. The van der Waals surface area contributed by atoms with Gasteiger partial charge in [0.25, 0.3) is 0 Å². The molecule has 6 atom stereocenters. The Labute approximate surface area is 156 Å². The van der Waals surface area contributed by atoms with E-state index in [0.717, 1.165) is 42.7 Å². The Bertz CT molecular complexity index is 645. The maximum Gasteiger partial charge on any atom is 0.396 e. The number of hydrogen-bond acceptors (Lipinski definition) is 3. The van der Waals surface area contributed by atoms with Crippen LogP contribution in [-0.2, 0) is 9.59 Å². The van der Waals surface area contributed by atoms with Crippen LogP contribution in [-0.4, -0.2) is 22.7 Å². The van der Waals surface area contributed by atoms with Gasteiger partial charge in [-0.1, -0.05) is 26.7 Å². The van der Waals surface area contributed by atoms with Crippen LogP contribution in [0.5, 0.6) is 0 Å². The van der Waals surface area contributed by atoms with Crippen molar-refractivity contribution in [3.8, 4) is 0 Å². The number of aliphatic carboxylic acids is 1. The SMILES string of the molecule is C[C@]12CCCC[C@@H]1CC[C@@H]1[C@H]2CC[C@]2(C)/C(=N\NC(=O)C(=O)O)CC[C@@H]12. The van der Waals surface area contributed by atoms with Crippen LogP contribution in [0.2, 0.25) is 0 Å². The molecule has 0 spiro atoms. The zero-order chi connectivity index (χ0) is 18.5. The fraction of sp³-hybridized carbons (Fsp3) is 0.857. The normalized spacial score (nSPS) is 46.2. The van der Waals surface area contributed by atoms with E-state index in [2.05, 4.69) is 24.4 Å². The highest BCUT2D eigenvalue weighted by Crippen LogP contribution is 2.65. The van der Waals surface area contributed by atoms with Gasteiger partial charge in [-0.05, 0) is 80.5 Å². The molecule has 0 unspecified atom stereocenters. The summed E-state index contributed by atoms with van der Waals surface area (Å²) in [7, 11) is 0. The predicted molar refractivity (Wildman–Crippen MR) is 99.6 cm³/mol. The molecule has 0 aromatic rings. The molecule has 2 N–H and O–H groups in total. The average Bonchev–Trinajstić information content (AvgIpc) is 2.95. The van der Waals surface area contributed by atoms with E-state index in [1.54, 1.807) is 0 Å². The van der Waals surface area contributed by atoms with Crippen molar-refractivity contribution in [3.63, 3.8) is 0 Å². The Morgan fingerprint density at radius 3 is 2.62 bits per heavy atom. The highest BCUT2D eigenvalue weighted by atomic mass is 16.4. The van der Waals surface area contributed by atoms with E-state index in [1.165, 1.54) is 44.9 Å². The number of hydrazone groups is 1. The van der Waals surface area contributed by atoms with Gasteiger partial charge in [-0.15, -0.1) is 0 Å². The van der Waals surface area contributed by atoms with Gasteiger partial charge in [0.15, 0.2) is 0 Å². The number of carbonyl (C=O) groups is 2. The standard InChI is InChI=1S/C21H32N2O3/c1-20-11-4-3-5-13(20)6-7-14-15-8-9-17(22-23-18(24)19(25)26)21(15,2)12-10-16(14)20/h13-16H,3-12H2,1-2H3,(H,23,24)(H,25,26)/b22-17-/t13-,14+,15+,16-,20+,21+/m1/s1. The Morgan fingerprint density at radius 2 is 1.85 bits per heavy atom. The summed E-state index contributed by atoms with van der Waals surface area (Å²) in [6, 6.07) is 0. The lowest BCUT2D eigenvalue weighted by Crippen LogP contribution is -2.52. The number of fused-ring (bicyclic) bond motifs is 5. The molecule has 4 aliphatic carbocycles. The molecule has 0 heterocycles. The second-order valence-electron chi connectivity index (χ2n) is 9.70. The molecule has 4 rings (SSSR count). The molecular weight excluding hydrogens is 328 g/mol. The van der Waals surface area contributed by atoms with Crippen molar-refractivity contribution in [2.75, 3.05) is 0 Å². The molecule has 4 fully saturated rings. The van der Waals surface area contributed by atoms with Crippen LogP contribution in [0.1, 0.15) is 78.1 Å². The van der Waals surface area contributed by atoms with Crippen molar-refractivity contribution < 1.29 is 14.7 Å². The van der Waals surface area contributed by atoms with Gasteiger partial charge in [0.05, 0.1) is 0 Å². The Hall–Kier alpha value is -1.39. The van der Waals surface area contributed by atoms with E-state index in [4.69, 9.17) is 5.11 Å². The fourth-order valence-electron chi connectivity index (χ4n) is 7.43. The summed E-state index contributed by atoms with van der Waals surface area (Å²) >= 11 is 0. The second-order valence-corrected chi connectivity index (χ2v) is 9.70. The number of carboxylic acids is 1. The van der Waals surface area contributed by atoms with Crippen LogP contribution in [0.25, 0.3) is 0 Å². The molecule has 26 heavy (non-hydrogen) atoms. The van der Waals surface area contributed by atoms with Crippen molar-refractivity contribution in [3.05, 3.63) is 0 Å². The minimum Gasteiger partial charge on any atom is -0.474 e. The molecule has 1 amide bonds. The van der Waals surface area contributed by atoms with Crippen molar-refractivity contribution in [2.24, 2.45) is 39.6 Å². The quantitative estimate of drug-likeness (QED) is 0.548. The van der Waals surface area contributed by atoms with E-state index in [0.29, 0.717) is 11.3 Å². The van der Waals surface area contributed by atoms with Crippen LogP contribution in [0.3, 0.4) is 0 Å². The minimum absolute atomic E-state index is 0.0326. The molecular formula is C21H32N2O3. The number of nitrogens with zero attached hydrogens (tertiary/aromatic N) is 1. The van der Waals surface area contributed by atoms with Gasteiger partial charge in [-0.25, -0.2) is 10.2 Å². The minimum atomic E-state index is -1.47. The number of carboxylic acid groups (broad SMARTS) is 1. The lowest BCUT2D eigenvalue weighted by Gasteiger charge is -2.59. The van der Waals surface area contributed by atoms with Gasteiger partial charge in [-0.2, -0.15) is 5.10 Å². The maximum absolute atomic E-state index is 11.4. The molecule has 0 saturated heterocycles. The van der Waals surface area contributed by atoms with Gasteiger partial charge in [0.1, 0.15) is 0 Å². The first kappa shape index (κ1) is 18.0. The van der Waals surface area contributed by atoms with Crippen molar-refractivity contribution in [1.29, 1.82) is 0 Å². The van der Waals surface area contributed by atoms with Gasteiger partial charge in [0.2, 0.25) is 0 Å². The fourth-order valence-corrected chi connectivity index (χ4v) is 7.43. The third-order valence-electron chi connectivity index (χ3n) is 8.81. The Balaban J connectivity index is 1.55. The second kappa shape index (κ2) is 6.35. The van der Waals surface area contributed by atoms with Crippen LogP contribution in [0, 0.1) is 34.5 Å². The summed E-state index contributed by atoms with van der Waals surface area (Å²) in [5.74, 6) is 0.672. The highest BCUT2D eigenvalue weighted by Gasteiger charge is 2.58. The summed E-state index contributed by atoms with van der Waals surface area (Å²) in [6.07, 6.45) is 12.8. The topological polar surface area (TPSA) is 78.8 Å². The molecule has 4 saturated carbocycles. The van der Waals surface area contributed by atoms with Crippen molar-refractivity contribution in [2.45, 2.75) is 78.1 Å². The van der Waals surface area contributed by atoms with E-state index in [1.807, 2.05) is 0 Å². The summed E-state index contributed by atoms with van der Waals surface area (Å²) in [6.45, 7) is 4.88. The zero-order valence-electron chi connectivity index (χ0n) is 16.1. The van der Waals surface area contributed by atoms with Gasteiger partial charge in [-0.3, -0.25) is 4.79 Å². The van der Waals surface area contributed by atoms with Crippen LogP contribution in [0.15, 0.2) is 5.10 Å². The number of hydrogen-bond donors (Lipinski definition) is 2. The predicted octanol–water partition coefficient (Wildman–Crippen LogP) is 3.98. The first-order valence-electron chi connectivity index (χ1n) is 10.5. The van der Waals surface area contributed by atoms with Crippen LogP contribution in [0.4, 0.5) is 0 Å². The van der Waals surface area contributed by atoms with Crippen molar-refractivity contribution in [1.82, 2.24) is 5.43 Å². The highest BCUT2D eigenvalue weighted by molar-refractivity contribution is 6.31. The Morgan fingerprint density at radius 1 is 1.04 bits per heavy atom. The smallest absolute Gasteiger partial charge is 0.396 e. The number of rotatable bonds is 1. The molecule has 0 aliphatic heterocycles. The molecule has 5 nitrogen and oxygen atoms in total. The van der Waals surface area contributed by atoms with Gasteiger partial charge < -0.3 is 5.11 Å². The molecule has 0 bridgehead atoms. The first-order valence-corrected chi connectivity index (χ1v) is 10.5. The van der Waals surface area contributed by atoms with Gasteiger partial charge in [0, 0.05) is 11.1 Å². The maximum atomic E-state index is 11.4. The molecule has 5 heteroatoms. The van der Waals surface area contributed by atoms with Crippen LogP contribution >= 0.6 is 0 Å². The number of nitrogens with one attached hydrogen (secondary N) is 1. The molecule has 0 aromatic carbocycles. The third kappa shape index (κ3) is 2.61. The van der Waals surface area contributed by atoms with Crippen LogP contribution < -0.4 is 5.43 Å². The van der Waals surface area contributed by atoms with E-state index in [-0.39, 0.29) is 5.41 Å². The summed E-state index contributed by atoms with van der Waals surface area (Å²) in [5.41, 5.74) is 3.84. The molecule has 144 valence electrons. The lowest BCUT2D eigenvalue weighted by molar-refractivity contribution is -0.150. The summed E-state index contributed by atoms with van der Waals surface area (Å²) < 4.78 is 0. The monoisotopic (exact) mass is 360 g/mol. The van der Waals surface area contributed by atoms with E-state index < -0.39 is 11.9 Å².